The van der Waals surface area contributed by atoms with E-state index in [4.69, 9.17) is 27.9 Å². The maximum atomic E-state index is 6.28. The van der Waals surface area contributed by atoms with E-state index in [0.29, 0.717) is 15.8 Å². The van der Waals surface area contributed by atoms with E-state index in [2.05, 4.69) is 4.90 Å². The highest BCUT2D eigenvalue weighted by Gasteiger charge is 2.17. The zero-order chi connectivity index (χ0) is 12.4. The van der Waals surface area contributed by atoms with Crippen molar-refractivity contribution in [2.24, 2.45) is 0 Å². The maximum absolute atomic E-state index is 6.28. The fourth-order valence-corrected chi connectivity index (χ4v) is 2.54. The van der Waals surface area contributed by atoms with Gasteiger partial charge in [0.25, 0.3) is 0 Å². The Hall–Kier alpha value is -0.600. The van der Waals surface area contributed by atoms with E-state index in [-0.39, 0.29) is 6.10 Å². The lowest BCUT2D eigenvalue weighted by atomic mass is 10.2. The third-order valence-electron chi connectivity index (χ3n) is 2.81. The third kappa shape index (κ3) is 2.99. The van der Waals surface area contributed by atoms with Gasteiger partial charge in [0.1, 0.15) is 5.75 Å². The van der Waals surface area contributed by atoms with E-state index in [1.54, 1.807) is 0 Å². The normalized spacial score (nSPS) is 15.7. The van der Waals surface area contributed by atoms with Gasteiger partial charge in [0.05, 0.1) is 21.8 Å². The van der Waals surface area contributed by atoms with Gasteiger partial charge in [0, 0.05) is 19.2 Å². The Kier molecular flexibility index (Phi) is 4.05. The lowest BCUT2D eigenvalue weighted by Crippen LogP contribution is -2.18. The fraction of sp³-hybridized carbons (Fsp3) is 0.538. The molecule has 0 radical (unpaired) electrons. The summed E-state index contributed by atoms with van der Waals surface area (Å²) >= 11 is 12.5. The maximum Gasteiger partial charge on any atom is 0.139 e. The smallest absolute Gasteiger partial charge is 0.139 e. The van der Waals surface area contributed by atoms with Crippen LogP contribution in [0, 0.1) is 0 Å². The molecule has 1 aliphatic rings. The number of anilines is 1. The van der Waals surface area contributed by atoms with E-state index >= 15 is 0 Å². The topological polar surface area (TPSA) is 12.5 Å². The van der Waals surface area contributed by atoms with Crippen LogP contribution in [0.25, 0.3) is 0 Å². The Bertz CT molecular complexity index is 401. The predicted octanol–water partition coefficient (Wildman–Crippen LogP) is 4.38. The SMILES string of the molecule is CC(C)Oc1cc(Cl)c(N2CCCC2)cc1Cl. The number of benzene rings is 1. The average molecular weight is 274 g/mol. The van der Waals surface area contributed by atoms with E-state index in [9.17, 15) is 0 Å². The predicted molar refractivity (Wildman–Crippen MR) is 73.7 cm³/mol. The minimum Gasteiger partial charge on any atom is -0.489 e. The zero-order valence-electron chi connectivity index (χ0n) is 10.2. The first-order chi connectivity index (χ1) is 8.08. The van der Waals surface area contributed by atoms with E-state index in [0.717, 1.165) is 18.8 Å². The van der Waals surface area contributed by atoms with Crippen LogP contribution in [0.5, 0.6) is 5.75 Å². The Morgan fingerprint density at radius 1 is 1.12 bits per heavy atom. The summed E-state index contributed by atoms with van der Waals surface area (Å²) in [4.78, 5) is 2.27. The third-order valence-corrected chi connectivity index (χ3v) is 3.41. The van der Waals surface area contributed by atoms with E-state index < -0.39 is 0 Å². The van der Waals surface area contributed by atoms with Crippen molar-refractivity contribution in [3.05, 3.63) is 22.2 Å². The van der Waals surface area contributed by atoms with Gasteiger partial charge in [-0.15, -0.1) is 0 Å². The van der Waals surface area contributed by atoms with Gasteiger partial charge in [-0.25, -0.2) is 0 Å². The molecular weight excluding hydrogens is 257 g/mol. The van der Waals surface area contributed by atoms with Gasteiger partial charge in [0.15, 0.2) is 0 Å². The minimum absolute atomic E-state index is 0.0983. The summed E-state index contributed by atoms with van der Waals surface area (Å²) < 4.78 is 5.61. The molecule has 0 aromatic heterocycles. The van der Waals surface area contributed by atoms with Crippen molar-refractivity contribution in [1.29, 1.82) is 0 Å². The van der Waals surface area contributed by atoms with Crippen molar-refractivity contribution in [2.75, 3.05) is 18.0 Å². The summed E-state index contributed by atoms with van der Waals surface area (Å²) in [6.07, 6.45) is 2.54. The number of hydrogen-bond donors (Lipinski definition) is 0. The van der Waals surface area contributed by atoms with Crippen molar-refractivity contribution >= 4 is 28.9 Å². The lowest BCUT2D eigenvalue weighted by molar-refractivity contribution is 0.242. The number of nitrogens with zero attached hydrogens (tertiary/aromatic N) is 1. The van der Waals surface area contributed by atoms with Gasteiger partial charge in [0.2, 0.25) is 0 Å². The first-order valence-corrected chi connectivity index (χ1v) is 6.74. The second kappa shape index (κ2) is 5.36. The summed E-state index contributed by atoms with van der Waals surface area (Å²) in [5.74, 6) is 0.662. The molecule has 0 unspecified atom stereocenters. The highest BCUT2D eigenvalue weighted by Crippen LogP contribution is 2.37. The molecule has 4 heteroatoms. The Labute approximate surface area is 112 Å². The first-order valence-electron chi connectivity index (χ1n) is 5.98. The Morgan fingerprint density at radius 2 is 1.76 bits per heavy atom. The van der Waals surface area contributed by atoms with Crippen LogP contribution in [-0.4, -0.2) is 19.2 Å². The second-order valence-electron chi connectivity index (χ2n) is 4.59. The summed E-state index contributed by atoms with van der Waals surface area (Å²) in [5.41, 5.74) is 1.02. The van der Waals surface area contributed by atoms with Crippen LogP contribution in [0.3, 0.4) is 0 Å². The van der Waals surface area contributed by atoms with Gasteiger partial charge < -0.3 is 9.64 Å². The van der Waals surface area contributed by atoms with Crippen LogP contribution < -0.4 is 9.64 Å². The minimum atomic E-state index is 0.0983. The van der Waals surface area contributed by atoms with Crippen molar-refractivity contribution in [1.82, 2.24) is 0 Å². The van der Waals surface area contributed by atoms with Crippen LogP contribution in [0.15, 0.2) is 12.1 Å². The van der Waals surface area contributed by atoms with Crippen molar-refractivity contribution in [3.8, 4) is 5.75 Å². The quantitative estimate of drug-likeness (QED) is 0.811. The monoisotopic (exact) mass is 273 g/mol. The number of rotatable bonds is 3. The molecule has 2 rings (SSSR count). The first kappa shape index (κ1) is 12.8. The Morgan fingerprint density at radius 3 is 2.35 bits per heavy atom. The van der Waals surface area contributed by atoms with Crippen LogP contribution >= 0.6 is 23.2 Å². The molecule has 0 amide bonds. The summed E-state index contributed by atoms with van der Waals surface area (Å²) in [6, 6.07) is 3.73. The fourth-order valence-electron chi connectivity index (χ4n) is 2.06. The second-order valence-corrected chi connectivity index (χ2v) is 5.41. The number of hydrogen-bond acceptors (Lipinski definition) is 2. The van der Waals surface area contributed by atoms with E-state index in [1.165, 1.54) is 12.8 Å². The van der Waals surface area contributed by atoms with Gasteiger partial charge in [-0.3, -0.25) is 0 Å². The van der Waals surface area contributed by atoms with Crippen molar-refractivity contribution < 1.29 is 4.74 Å². The van der Waals surface area contributed by atoms with Crippen molar-refractivity contribution in [3.63, 3.8) is 0 Å². The Balaban J connectivity index is 2.27. The molecule has 1 aromatic carbocycles. The highest BCUT2D eigenvalue weighted by molar-refractivity contribution is 6.36. The molecule has 0 spiro atoms. The van der Waals surface area contributed by atoms with Crippen LogP contribution in [0.2, 0.25) is 10.0 Å². The van der Waals surface area contributed by atoms with Crippen molar-refractivity contribution in [2.45, 2.75) is 32.8 Å². The van der Waals surface area contributed by atoms with Crippen LogP contribution in [-0.2, 0) is 0 Å². The molecule has 17 heavy (non-hydrogen) atoms. The summed E-state index contributed by atoms with van der Waals surface area (Å²) in [6.45, 7) is 6.05. The van der Waals surface area contributed by atoms with Gasteiger partial charge in [-0.2, -0.15) is 0 Å². The molecule has 0 bridgehead atoms. The largest absolute Gasteiger partial charge is 0.489 e. The number of halogens is 2. The molecule has 2 nitrogen and oxygen atoms in total. The number of ether oxygens (including phenoxy) is 1. The van der Waals surface area contributed by atoms with Gasteiger partial charge in [-0.05, 0) is 32.8 Å². The average Bonchev–Trinajstić information content (AvgIpc) is 2.75. The lowest BCUT2D eigenvalue weighted by Gasteiger charge is -2.21. The summed E-state index contributed by atoms with van der Waals surface area (Å²) in [5, 5.41) is 1.34. The highest BCUT2D eigenvalue weighted by atomic mass is 35.5. The molecule has 0 N–H and O–H groups in total. The molecule has 1 aliphatic heterocycles. The van der Waals surface area contributed by atoms with Crippen LogP contribution in [0.4, 0.5) is 5.69 Å². The summed E-state index contributed by atoms with van der Waals surface area (Å²) in [7, 11) is 0. The molecule has 94 valence electrons. The molecule has 0 atom stereocenters. The van der Waals surface area contributed by atoms with E-state index in [1.807, 2.05) is 26.0 Å². The van der Waals surface area contributed by atoms with Crippen LogP contribution in [0.1, 0.15) is 26.7 Å². The molecule has 1 heterocycles. The molecule has 1 aromatic rings. The van der Waals surface area contributed by atoms with Gasteiger partial charge >= 0.3 is 0 Å². The zero-order valence-corrected chi connectivity index (χ0v) is 11.7. The standard InChI is InChI=1S/C13H17Cl2NO/c1-9(2)17-13-8-10(14)12(7-11(13)15)16-5-3-4-6-16/h7-9H,3-6H2,1-2H3. The molecular formula is C13H17Cl2NO. The molecule has 1 saturated heterocycles. The molecule has 0 aliphatic carbocycles. The molecule has 1 fully saturated rings. The molecule has 0 saturated carbocycles. The van der Waals surface area contributed by atoms with Gasteiger partial charge in [-0.1, -0.05) is 23.2 Å².